The van der Waals surface area contributed by atoms with Gasteiger partial charge in [0.25, 0.3) is 0 Å². The molecule has 1 aliphatic rings. The van der Waals surface area contributed by atoms with Crippen molar-refractivity contribution in [3.8, 4) is 0 Å². The second-order valence-corrected chi connectivity index (χ2v) is 4.20. The van der Waals surface area contributed by atoms with Crippen molar-refractivity contribution in [2.75, 3.05) is 30.8 Å². The van der Waals surface area contributed by atoms with Crippen molar-refractivity contribution in [3.63, 3.8) is 0 Å². The molecule has 6 nitrogen and oxygen atoms in total. The molecule has 1 aromatic heterocycles. The second kappa shape index (κ2) is 6.30. The predicted octanol–water partition coefficient (Wildman–Crippen LogP) is 1.83. The van der Waals surface area contributed by atoms with Gasteiger partial charge in [0.05, 0.1) is 6.10 Å². The van der Waals surface area contributed by atoms with E-state index in [9.17, 15) is 0 Å². The van der Waals surface area contributed by atoms with Crippen molar-refractivity contribution in [3.05, 3.63) is 6.33 Å². The number of hydrogen-bond acceptors (Lipinski definition) is 6. The van der Waals surface area contributed by atoms with Crippen molar-refractivity contribution in [1.29, 1.82) is 0 Å². The summed E-state index contributed by atoms with van der Waals surface area (Å²) in [5, 5.41) is 6.23. The highest BCUT2D eigenvalue weighted by Crippen LogP contribution is 2.28. The third-order valence-electron chi connectivity index (χ3n) is 2.99. The highest BCUT2D eigenvalue weighted by atomic mass is 16.5. The lowest BCUT2D eigenvalue weighted by Crippen LogP contribution is -2.27. The van der Waals surface area contributed by atoms with Crippen molar-refractivity contribution >= 4 is 24.0 Å². The van der Waals surface area contributed by atoms with Gasteiger partial charge in [0.15, 0.2) is 11.6 Å². The van der Waals surface area contributed by atoms with Crippen molar-refractivity contribution in [1.82, 2.24) is 9.97 Å². The molecule has 6 heteroatoms. The zero-order valence-corrected chi connectivity index (χ0v) is 10.6. The largest absolute Gasteiger partial charge is 0.376 e. The maximum atomic E-state index is 5.66. The first-order valence-electron chi connectivity index (χ1n) is 6.20. The van der Waals surface area contributed by atoms with Gasteiger partial charge in [-0.1, -0.05) is 0 Å². The average Bonchev–Trinajstić information content (AvgIpc) is 2.45. The van der Waals surface area contributed by atoms with Gasteiger partial charge >= 0.3 is 0 Å². The summed E-state index contributed by atoms with van der Waals surface area (Å²) >= 11 is 0. The first-order chi connectivity index (χ1) is 8.85. The Balaban J connectivity index is 2.01. The molecule has 1 fully saturated rings. The summed E-state index contributed by atoms with van der Waals surface area (Å²) in [6, 6.07) is 0. The summed E-state index contributed by atoms with van der Waals surface area (Å²) in [5.74, 6) is 1.37. The van der Waals surface area contributed by atoms with Gasteiger partial charge in [0, 0.05) is 20.2 Å². The Morgan fingerprint density at radius 3 is 2.94 bits per heavy atom. The molecule has 0 saturated carbocycles. The number of anilines is 2. The third-order valence-corrected chi connectivity index (χ3v) is 2.99. The quantitative estimate of drug-likeness (QED) is 0.779. The van der Waals surface area contributed by atoms with Gasteiger partial charge in [-0.2, -0.15) is 0 Å². The molecule has 0 aliphatic carbocycles. The lowest BCUT2D eigenvalue weighted by Gasteiger charge is -2.23. The van der Waals surface area contributed by atoms with Crippen LogP contribution in [0.2, 0.25) is 0 Å². The van der Waals surface area contributed by atoms with E-state index < -0.39 is 0 Å². The smallest absolute Gasteiger partial charge is 0.157 e. The van der Waals surface area contributed by atoms with Gasteiger partial charge in [-0.15, -0.1) is 0 Å². The molecule has 1 atom stereocenters. The Hall–Kier alpha value is -1.69. The normalized spacial score (nSPS) is 19.3. The molecule has 0 amide bonds. The van der Waals surface area contributed by atoms with E-state index in [2.05, 4.69) is 32.3 Å². The molecule has 0 aromatic carbocycles. The lowest BCUT2D eigenvalue weighted by molar-refractivity contribution is 0.0247. The molecular formula is C12H19N5O. The van der Waals surface area contributed by atoms with Gasteiger partial charge in [0.2, 0.25) is 0 Å². The van der Waals surface area contributed by atoms with Crippen LogP contribution in [0.25, 0.3) is 0 Å². The van der Waals surface area contributed by atoms with Crippen molar-refractivity contribution < 1.29 is 4.74 Å². The predicted molar refractivity (Wildman–Crippen MR) is 72.9 cm³/mol. The minimum atomic E-state index is 0.254. The van der Waals surface area contributed by atoms with Crippen LogP contribution in [0.3, 0.4) is 0 Å². The fraction of sp³-hybridized carbons (Fsp3) is 0.583. The molecule has 0 spiro atoms. The second-order valence-electron chi connectivity index (χ2n) is 4.20. The minimum Gasteiger partial charge on any atom is -0.376 e. The standard InChI is InChI=1S/C12H19N5O/c1-13-10-11(14-2)16-8-17-12(10)15-7-9-5-3-4-6-18-9/h8-9H,1,3-7H2,2H3,(H2,14,15,16,17). The Morgan fingerprint density at radius 1 is 1.44 bits per heavy atom. The van der Waals surface area contributed by atoms with Gasteiger partial charge in [0.1, 0.15) is 12.0 Å². The first-order valence-corrected chi connectivity index (χ1v) is 6.20. The van der Waals surface area contributed by atoms with Crippen LogP contribution in [0.1, 0.15) is 19.3 Å². The number of nitrogens with one attached hydrogen (secondary N) is 2. The molecule has 2 heterocycles. The number of nitrogens with zero attached hydrogens (tertiary/aromatic N) is 3. The molecule has 18 heavy (non-hydrogen) atoms. The van der Waals surface area contributed by atoms with E-state index >= 15 is 0 Å². The molecule has 1 aliphatic heterocycles. The molecule has 2 N–H and O–H groups in total. The summed E-state index contributed by atoms with van der Waals surface area (Å²) in [5.41, 5.74) is 0.649. The molecule has 1 unspecified atom stereocenters. The Bertz CT molecular complexity index is 403. The van der Waals surface area contributed by atoms with Gasteiger partial charge in [-0.05, 0) is 26.0 Å². The zero-order chi connectivity index (χ0) is 12.8. The molecule has 0 bridgehead atoms. The van der Waals surface area contributed by atoms with E-state index in [1.807, 2.05) is 0 Å². The summed E-state index contributed by atoms with van der Waals surface area (Å²) in [7, 11) is 1.80. The summed E-state index contributed by atoms with van der Waals surface area (Å²) in [4.78, 5) is 12.3. The fourth-order valence-electron chi connectivity index (χ4n) is 2.02. The molecule has 2 rings (SSSR count). The third kappa shape index (κ3) is 2.95. The van der Waals surface area contributed by atoms with Gasteiger partial charge in [-0.25, -0.2) is 9.97 Å². The molecule has 0 radical (unpaired) electrons. The molecule has 1 aromatic rings. The molecular weight excluding hydrogens is 230 g/mol. The van der Waals surface area contributed by atoms with Crippen LogP contribution >= 0.6 is 0 Å². The zero-order valence-electron chi connectivity index (χ0n) is 10.6. The lowest BCUT2D eigenvalue weighted by atomic mass is 10.1. The van der Waals surface area contributed by atoms with E-state index in [0.29, 0.717) is 17.3 Å². The van der Waals surface area contributed by atoms with Crippen LogP contribution in [0.15, 0.2) is 11.3 Å². The highest BCUT2D eigenvalue weighted by Gasteiger charge is 2.15. The van der Waals surface area contributed by atoms with E-state index in [4.69, 9.17) is 4.74 Å². The number of ether oxygens (including phenoxy) is 1. The Morgan fingerprint density at radius 2 is 2.28 bits per heavy atom. The van der Waals surface area contributed by atoms with Crippen LogP contribution < -0.4 is 10.6 Å². The maximum Gasteiger partial charge on any atom is 0.157 e. The summed E-state index contributed by atoms with van der Waals surface area (Å²) in [6.07, 6.45) is 5.24. The van der Waals surface area contributed by atoms with Crippen molar-refractivity contribution in [2.45, 2.75) is 25.4 Å². The summed E-state index contributed by atoms with van der Waals surface area (Å²) in [6.45, 7) is 5.14. The number of rotatable bonds is 5. The van der Waals surface area contributed by atoms with Gasteiger partial charge in [-0.3, -0.25) is 4.99 Å². The average molecular weight is 249 g/mol. The van der Waals surface area contributed by atoms with E-state index in [-0.39, 0.29) is 6.10 Å². The fourth-order valence-corrected chi connectivity index (χ4v) is 2.02. The topological polar surface area (TPSA) is 71.4 Å². The SMILES string of the molecule is C=Nc1c(NC)ncnc1NCC1CCCCO1. The van der Waals surface area contributed by atoms with E-state index in [0.717, 1.165) is 26.0 Å². The molecule has 98 valence electrons. The molecule has 1 saturated heterocycles. The van der Waals surface area contributed by atoms with E-state index in [1.54, 1.807) is 7.05 Å². The monoisotopic (exact) mass is 249 g/mol. The van der Waals surface area contributed by atoms with Crippen LogP contribution in [-0.4, -0.2) is 43.0 Å². The first kappa shape index (κ1) is 12.8. The van der Waals surface area contributed by atoms with Crippen molar-refractivity contribution in [2.24, 2.45) is 4.99 Å². The minimum absolute atomic E-state index is 0.254. The highest BCUT2D eigenvalue weighted by molar-refractivity contribution is 5.75. The van der Waals surface area contributed by atoms with Crippen LogP contribution in [0.4, 0.5) is 17.3 Å². The number of hydrogen-bond donors (Lipinski definition) is 2. The van der Waals surface area contributed by atoms with E-state index in [1.165, 1.54) is 12.7 Å². The number of aliphatic imine (C=N–C) groups is 1. The summed E-state index contributed by atoms with van der Waals surface area (Å²) < 4.78 is 5.66. The van der Waals surface area contributed by atoms with Crippen LogP contribution in [0, 0.1) is 0 Å². The van der Waals surface area contributed by atoms with Gasteiger partial charge < -0.3 is 15.4 Å². The maximum absolute atomic E-state index is 5.66. The number of aromatic nitrogens is 2. The Labute approximate surface area is 107 Å². The van der Waals surface area contributed by atoms with Crippen LogP contribution in [-0.2, 0) is 4.74 Å². The Kier molecular flexibility index (Phi) is 4.46. The van der Waals surface area contributed by atoms with Crippen LogP contribution in [0.5, 0.6) is 0 Å².